The second-order valence-corrected chi connectivity index (χ2v) is 5.75. The molecule has 3 N–H and O–H groups in total. The number of ether oxygens (including phenoxy) is 1. The third-order valence-corrected chi connectivity index (χ3v) is 3.22. The molecule has 0 spiro atoms. The van der Waals surface area contributed by atoms with E-state index in [-0.39, 0.29) is 17.4 Å². The lowest BCUT2D eigenvalue weighted by Gasteiger charge is -2.28. The number of anilines is 1. The molecule has 1 atom stereocenters. The minimum absolute atomic E-state index is 0.0203. The Balaban J connectivity index is 2.81. The van der Waals surface area contributed by atoms with Gasteiger partial charge in [-0.1, -0.05) is 20.8 Å². The number of rotatable bonds is 4. The summed E-state index contributed by atoms with van der Waals surface area (Å²) in [6, 6.07) is 5.19. The highest BCUT2D eigenvalue weighted by molar-refractivity contribution is 5.95. The molecule has 1 unspecified atom stereocenters. The first kappa shape index (κ1) is 15.3. The van der Waals surface area contributed by atoms with Gasteiger partial charge in [-0.2, -0.15) is 0 Å². The van der Waals surface area contributed by atoms with E-state index in [2.05, 4.69) is 26.1 Å². The maximum absolute atomic E-state index is 12.1. The highest BCUT2D eigenvalue weighted by atomic mass is 16.5. The molecule has 0 heterocycles. The molecule has 0 radical (unpaired) electrons. The fourth-order valence-corrected chi connectivity index (χ4v) is 1.47. The summed E-state index contributed by atoms with van der Waals surface area (Å²) in [4.78, 5) is 12.1. The Bertz CT molecular complexity index is 450. The van der Waals surface area contributed by atoms with Crippen molar-refractivity contribution in [1.29, 1.82) is 0 Å². The lowest BCUT2D eigenvalue weighted by molar-refractivity contribution is 0.0910. The second kappa shape index (κ2) is 5.95. The molecular weight excluding hydrogens is 240 g/mol. The molecule has 1 aromatic rings. The summed E-state index contributed by atoms with van der Waals surface area (Å²) in [6.07, 6.45) is 0. The zero-order chi connectivity index (χ0) is 14.6. The molecule has 1 amide bonds. The van der Waals surface area contributed by atoms with E-state index in [1.54, 1.807) is 18.2 Å². The molecule has 0 bridgehead atoms. The summed E-state index contributed by atoms with van der Waals surface area (Å²) < 4.78 is 5.35. The van der Waals surface area contributed by atoms with E-state index in [1.807, 2.05) is 13.8 Å². The quantitative estimate of drug-likeness (QED) is 0.822. The van der Waals surface area contributed by atoms with Crippen molar-refractivity contribution in [2.24, 2.45) is 5.41 Å². The summed E-state index contributed by atoms with van der Waals surface area (Å²) in [7, 11) is 0. The minimum atomic E-state index is -0.114. The van der Waals surface area contributed by atoms with Gasteiger partial charge in [0, 0.05) is 11.6 Å². The van der Waals surface area contributed by atoms with Crippen LogP contribution in [0, 0.1) is 5.41 Å². The van der Waals surface area contributed by atoms with Gasteiger partial charge >= 0.3 is 0 Å². The first-order valence-corrected chi connectivity index (χ1v) is 6.59. The van der Waals surface area contributed by atoms with E-state index in [0.29, 0.717) is 23.6 Å². The third kappa shape index (κ3) is 4.16. The second-order valence-electron chi connectivity index (χ2n) is 5.75. The Morgan fingerprint density at radius 1 is 1.42 bits per heavy atom. The van der Waals surface area contributed by atoms with Crippen LogP contribution in [0.25, 0.3) is 0 Å². The molecule has 1 aromatic carbocycles. The highest BCUT2D eigenvalue weighted by Gasteiger charge is 2.22. The maximum atomic E-state index is 12.1. The van der Waals surface area contributed by atoms with Gasteiger partial charge in [-0.05, 0) is 37.5 Å². The van der Waals surface area contributed by atoms with Crippen molar-refractivity contribution in [3.05, 3.63) is 23.8 Å². The third-order valence-electron chi connectivity index (χ3n) is 3.22. The Morgan fingerprint density at radius 2 is 2.05 bits per heavy atom. The van der Waals surface area contributed by atoms with Gasteiger partial charge in [0.2, 0.25) is 0 Å². The molecule has 19 heavy (non-hydrogen) atoms. The Labute approximate surface area is 115 Å². The fraction of sp³-hybridized carbons (Fsp3) is 0.533. The van der Waals surface area contributed by atoms with Gasteiger partial charge in [-0.25, -0.2) is 0 Å². The molecule has 0 saturated heterocycles. The van der Waals surface area contributed by atoms with Crippen molar-refractivity contribution in [1.82, 2.24) is 5.32 Å². The number of carbonyl (C=O) groups excluding carboxylic acids is 1. The number of hydrogen-bond donors (Lipinski definition) is 2. The summed E-state index contributed by atoms with van der Waals surface area (Å²) in [5.41, 5.74) is 6.91. The SMILES string of the molecule is CCOc1ccc(C(=O)NC(C)C(C)(C)C)cc1N. The maximum Gasteiger partial charge on any atom is 0.251 e. The molecule has 0 aromatic heterocycles. The molecule has 1 rings (SSSR count). The predicted octanol–water partition coefficient (Wildman–Crippen LogP) is 2.83. The lowest BCUT2D eigenvalue weighted by atomic mass is 9.88. The van der Waals surface area contributed by atoms with Crippen LogP contribution in [0.4, 0.5) is 5.69 Å². The number of hydrogen-bond acceptors (Lipinski definition) is 3. The lowest BCUT2D eigenvalue weighted by Crippen LogP contribution is -2.41. The molecule has 0 aliphatic heterocycles. The monoisotopic (exact) mass is 264 g/mol. The fourth-order valence-electron chi connectivity index (χ4n) is 1.47. The number of nitrogen functional groups attached to an aromatic ring is 1. The number of nitrogens with one attached hydrogen (secondary N) is 1. The van der Waals surface area contributed by atoms with Crippen molar-refractivity contribution >= 4 is 11.6 Å². The predicted molar refractivity (Wildman–Crippen MR) is 78.4 cm³/mol. The van der Waals surface area contributed by atoms with Crippen LogP contribution in [0.2, 0.25) is 0 Å². The van der Waals surface area contributed by atoms with Crippen LogP contribution in [0.1, 0.15) is 45.0 Å². The average Bonchev–Trinajstić information content (AvgIpc) is 2.30. The van der Waals surface area contributed by atoms with Crippen molar-refractivity contribution in [2.45, 2.75) is 40.7 Å². The van der Waals surface area contributed by atoms with Gasteiger partial charge in [0.05, 0.1) is 12.3 Å². The molecule has 0 aliphatic carbocycles. The first-order chi connectivity index (χ1) is 8.75. The van der Waals surface area contributed by atoms with E-state index in [1.165, 1.54) is 0 Å². The Morgan fingerprint density at radius 3 is 2.53 bits per heavy atom. The van der Waals surface area contributed by atoms with Crippen molar-refractivity contribution in [3.63, 3.8) is 0 Å². The van der Waals surface area contributed by atoms with Gasteiger partial charge < -0.3 is 15.8 Å². The van der Waals surface area contributed by atoms with Gasteiger partial charge in [-0.15, -0.1) is 0 Å². The van der Waals surface area contributed by atoms with E-state index in [9.17, 15) is 4.79 Å². The van der Waals surface area contributed by atoms with Crippen LogP contribution >= 0.6 is 0 Å². The van der Waals surface area contributed by atoms with Gasteiger partial charge in [0.25, 0.3) is 5.91 Å². The van der Waals surface area contributed by atoms with Crippen molar-refractivity contribution < 1.29 is 9.53 Å². The number of carbonyl (C=O) groups is 1. The molecule has 0 aliphatic rings. The Hall–Kier alpha value is -1.71. The van der Waals surface area contributed by atoms with E-state index < -0.39 is 0 Å². The molecule has 106 valence electrons. The van der Waals surface area contributed by atoms with Crippen LogP contribution in [0.15, 0.2) is 18.2 Å². The standard InChI is InChI=1S/C15H24N2O2/c1-6-19-13-8-7-11(9-12(13)16)14(18)17-10(2)15(3,4)5/h7-10H,6,16H2,1-5H3,(H,17,18). The molecule has 4 nitrogen and oxygen atoms in total. The van der Waals surface area contributed by atoms with Gasteiger partial charge in [0.15, 0.2) is 0 Å². The topological polar surface area (TPSA) is 64.3 Å². The van der Waals surface area contributed by atoms with Crippen molar-refractivity contribution in [2.75, 3.05) is 12.3 Å². The van der Waals surface area contributed by atoms with Crippen LogP contribution in [-0.2, 0) is 0 Å². The van der Waals surface area contributed by atoms with Gasteiger partial charge in [0.1, 0.15) is 5.75 Å². The van der Waals surface area contributed by atoms with Crippen LogP contribution in [0.5, 0.6) is 5.75 Å². The van der Waals surface area contributed by atoms with E-state index in [0.717, 1.165) is 0 Å². The van der Waals surface area contributed by atoms with E-state index >= 15 is 0 Å². The minimum Gasteiger partial charge on any atom is -0.492 e. The zero-order valence-corrected chi connectivity index (χ0v) is 12.4. The molecule has 0 saturated carbocycles. The summed E-state index contributed by atoms with van der Waals surface area (Å²) >= 11 is 0. The normalized spacial score (nSPS) is 12.9. The largest absolute Gasteiger partial charge is 0.492 e. The summed E-state index contributed by atoms with van der Waals surface area (Å²) in [6.45, 7) is 10.7. The zero-order valence-electron chi connectivity index (χ0n) is 12.4. The van der Waals surface area contributed by atoms with Crippen LogP contribution < -0.4 is 15.8 Å². The molecule has 4 heteroatoms. The Kier molecular flexibility index (Phi) is 4.81. The number of amides is 1. The first-order valence-electron chi connectivity index (χ1n) is 6.59. The van der Waals surface area contributed by atoms with E-state index in [4.69, 9.17) is 10.5 Å². The van der Waals surface area contributed by atoms with Crippen LogP contribution in [0.3, 0.4) is 0 Å². The molecular formula is C15H24N2O2. The summed E-state index contributed by atoms with van der Waals surface area (Å²) in [5.74, 6) is 0.500. The van der Waals surface area contributed by atoms with Crippen LogP contribution in [-0.4, -0.2) is 18.6 Å². The summed E-state index contributed by atoms with van der Waals surface area (Å²) in [5, 5.41) is 2.98. The number of benzene rings is 1. The number of nitrogens with two attached hydrogens (primary N) is 1. The highest BCUT2D eigenvalue weighted by Crippen LogP contribution is 2.23. The smallest absolute Gasteiger partial charge is 0.251 e. The molecule has 0 fully saturated rings. The van der Waals surface area contributed by atoms with Gasteiger partial charge in [-0.3, -0.25) is 4.79 Å². The van der Waals surface area contributed by atoms with Crippen molar-refractivity contribution in [3.8, 4) is 5.75 Å². The average molecular weight is 264 g/mol.